The molecular formula is C10H11BrN2O. The Morgan fingerprint density at radius 3 is 2.93 bits per heavy atom. The molecule has 1 heterocycles. The zero-order valence-corrected chi connectivity index (χ0v) is 9.08. The summed E-state index contributed by atoms with van der Waals surface area (Å²) in [4.78, 5) is 3.17. The molecule has 1 aromatic heterocycles. The van der Waals surface area contributed by atoms with E-state index in [-0.39, 0.29) is 12.6 Å². The normalized spacial score (nSPS) is 13.4. The zero-order valence-electron chi connectivity index (χ0n) is 7.50. The Balaban J connectivity index is 2.51. The topological polar surface area (TPSA) is 62.0 Å². The van der Waals surface area contributed by atoms with Gasteiger partial charge >= 0.3 is 0 Å². The van der Waals surface area contributed by atoms with Gasteiger partial charge in [0, 0.05) is 15.7 Å². The van der Waals surface area contributed by atoms with Gasteiger partial charge in [0.25, 0.3) is 0 Å². The molecular weight excluding hydrogens is 244 g/mol. The van der Waals surface area contributed by atoms with Gasteiger partial charge in [-0.2, -0.15) is 0 Å². The summed E-state index contributed by atoms with van der Waals surface area (Å²) in [6.07, 6.45) is 0. The third-order valence-corrected chi connectivity index (χ3v) is 2.69. The molecule has 0 aliphatic rings. The number of hydrogen-bond donors (Lipinski definition) is 3. The van der Waals surface area contributed by atoms with Crippen molar-refractivity contribution in [3.63, 3.8) is 0 Å². The molecule has 0 aliphatic heterocycles. The average Bonchev–Trinajstić information content (AvgIpc) is 2.59. The number of aromatic amines is 1. The molecule has 0 saturated carbocycles. The molecule has 1 aromatic carbocycles. The van der Waals surface area contributed by atoms with Gasteiger partial charge in [-0.05, 0) is 23.6 Å². The summed E-state index contributed by atoms with van der Waals surface area (Å²) in [6.45, 7) is -0.0476. The Bertz CT molecular complexity index is 452. The summed E-state index contributed by atoms with van der Waals surface area (Å²) in [5.74, 6) is 0. The van der Waals surface area contributed by atoms with Crippen molar-refractivity contribution in [2.45, 2.75) is 6.04 Å². The van der Waals surface area contributed by atoms with E-state index in [1.807, 2.05) is 24.3 Å². The number of fused-ring (bicyclic) bond motifs is 1. The van der Waals surface area contributed by atoms with E-state index in [0.717, 1.165) is 21.1 Å². The molecule has 0 fully saturated rings. The fraction of sp³-hybridized carbons (Fsp3) is 0.200. The maximum absolute atomic E-state index is 8.91. The first-order chi connectivity index (χ1) is 6.70. The fourth-order valence-corrected chi connectivity index (χ4v) is 1.78. The van der Waals surface area contributed by atoms with Gasteiger partial charge in [0.2, 0.25) is 0 Å². The van der Waals surface area contributed by atoms with Crippen LogP contribution in [0.25, 0.3) is 10.9 Å². The number of aliphatic hydroxyl groups is 1. The van der Waals surface area contributed by atoms with Gasteiger partial charge in [-0.3, -0.25) is 0 Å². The Morgan fingerprint density at radius 1 is 1.43 bits per heavy atom. The summed E-state index contributed by atoms with van der Waals surface area (Å²) in [7, 11) is 0. The molecule has 0 radical (unpaired) electrons. The van der Waals surface area contributed by atoms with Crippen LogP contribution < -0.4 is 5.73 Å². The summed E-state index contributed by atoms with van der Waals surface area (Å²) in [5.41, 5.74) is 7.59. The highest BCUT2D eigenvalue weighted by atomic mass is 79.9. The monoisotopic (exact) mass is 254 g/mol. The van der Waals surface area contributed by atoms with Crippen LogP contribution in [0.5, 0.6) is 0 Å². The van der Waals surface area contributed by atoms with Crippen LogP contribution in [0, 0.1) is 0 Å². The number of H-pyrrole nitrogens is 1. The first kappa shape index (κ1) is 9.71. The second-order valence-corrected chi connectivity index (χ2v) is 4.16. The van der Waals surface area contributed by atoms with Gasteiger partial charge in [-0.15, -0.1) is 0 Å². The fourth-order valence-electron chi connectivity index (χ4n) is 1.42. The molecule has 74 valence electrons. The van der Waals surface area contributed by atoms with Crippen LogP contribution in [0.15, 0.2) is 28.7 Å². The Labute approximate surface area is 90.1 Å². The average molecular weight is 255 g/mol. The number of rotatable bonds is 2. The lowest BCUT2D eigenvalue weighted by atomic mass is 10.2. The van der Waals surface area contributed by atoms with Crippen molar-refractivity contribution in [2.75, 3.05) is 6.61 Å². The molecule has 0 spiro atoms. The summed E-state index contributed by atoms with van der Waals surface area (Å²) >= 11 is 3.40. The van der Waals surface area contributed by atoms with Gasteiger partial charge in [0.1, 0.15) is 0 Å². The Hall–Kier alpha value is -0.840. The number of nitrogens with two attached hydrogens (primary N) is 1. The summed E-state index contributed by atoms with van der Waals surface area (Å²) < 4.78 is 1.02. The van der Waals surface area contributed by atoms with Crippen molar-refractivity contribution >= 4 is 26.8 Å². The van der Waals surface area contributed by atoms with E-state index in [2.05, 4.69) is 20.9 Å². The van der Waals surface area contributed by atoms with Gasteiger partial charge in [-0.25, -0.2) is 0 Å². The van der Waals surface area contributed by atoms with Gasteiger partial charge in [-0.1, -0.05) is 22.0 Å². The Morgan fingerprint density at radius 2 is 2.21 bits per heavy atom. The first-order valence-corrected chi connectivity index (χ1v) is 5.14. The number of benzene rings is 1. The van der Waals surface area contributed by atoms with E-state index in [1.54, 1.807) is 0 Å². The second-order valence-electron chi connectivity index (χ2n) is 3.25. The predicted octanol–water partition coefficient (Wildman–Crippen LogP) is 1.92. The molecule has 2 rings (SSSR count). The van der Waals surface area contributed by atoms with Gasteiger partial charge in [0.15, 0.2) is 0 Å². The third-order valence-electron chi connectivity index (χ3n) is 2.20. The van der Waals surface area contributed by atoms with E-state index in [0.29, 0.717) is 0 Å². The van der Waals surface area contributed by atoms with Crippen LogP contribution >= 0.6 is 15.9 Å². The smallest absolute Gasteiger partial charge is 0.0683 e. The molecule has 3 nitrogen and oxygen atoms in total. The van der Waals surface area contributed by atoms with Crippen molar-refractivity contribution < 1.29 is 5.11 Å². The maximum atomic E-state index is 8.91. The van der Waals surface area contributed by atoms with Crippen molar-refractivity contribution in [1.82, 2.24) is 4.98 Å². The van der Waals surface area contributed by atoms with Crippen LogP contribution in [0.4, 0.5) is 0 Å². The summed E-state index contributed by atoms with van der Waals surface area (Å²) in [6, 6.07) is 7.60. The zero-order chi connectivity index (χ0) is 10.1. The molecule has 2 aromatic rings. The van der Waals surface area contributed by atoms with Crippen molar-refractivity contribution in [1.29, 1.82) is 0 Å². The Kier molecular flexibility index (Phi) is 2.58. The van der Waals surface area contributed by atoms with E-state index in [1.165, 1.54) is 0 Å². The van der Waals surface area contributed by atoms with E-state index in [4.69, 9.17) is 10.8 Å². The quantitative estimate of drug-likeness (QED) is 0.767. The lowest BCUT2D eigenvalue weighted by molar-refractivity contribution is 0.266. The van der Waals surface area contributed by atoms with Crippen molar-refractivity contribution in [3.05, 3.63) is 34.4 Å². The SMILES string of the molecule is N[C@@H](CO)c1cc2ccc(Br)cc2[nH]1. The molecule has 0 aliphatic carbocycles. The minimum Gasteiger partial charge on any atom is -0.394 e. The third kappa shape index (κ3) is 1.68. The number of aliphatic hydroxyl groups excluding tert-OH is 1. The number of hydrogen-bond acceptors (Lipinski definition) is 2. The standard InChI is InChI=1S/C10H11BrN2O/c11-7-2-1-6-3-10(8(12)5-14)13-9(6)4-7/h1-4,8,13-14H,5,12H2/t8-/m0/s1. The molecule has 0 unspecified atom stereocenters. The highest BCUT2D eigenvalue weighted by Gasteiger charge is 2.07. The maximum Gasteiger partial charge on any atom is 0.0683 e. The van der Waals surface area contributed by atoms with Gasteiger partial charge in [0.05, 0.1) is 12.6 Å². The second kappa shape index (κ2) is 3.73. The molecule has 0 amide bonds. The van der Waals surface area contributed by atoms with Crippen molar-refractivity contribution in [2.24, 2.45) is 5.73 Å². The van der Waals surface area contributed by atoms with E-state index >= 15 is 0 Å². The molecule has 4 heteroatoms. The van der Waals surface area contributed by atoms with Gasteiger partial charge < -0.3 is 15.8 Å². The minimum atomic E-state index is -0.332. The van der Waals surface area contributed by atoms with E-state index in [9.17, 15) is 0 Å². The minimum absolute atomic E-state index is 0.0476. The first-order valence-electron chi connectivity index (χ1n) is 4.35. The van der Waals surface area contributed by atoms with Crippen molar-refractivity contribution in [3.8, 4) is 0 Å². The highest BCUT2D eigenvalue weighted by molar-refractivity contribution is 9.10. The molecule has 0 bridgehead atoms. The van der Waals surface area contributed by atoms with Crippen LogP contribution in [-0.2, 0) is 0 Å². The van der Waals surface area contributed by atoms with Crippen LogP contribution in [0.2, 0.25) is 0 Å². The number of nitrogens with one attached hydrogen (secondary N) is 1. The predicted molar refractivity (Wildman–Crippen MR) is 60.0 cm³/mol. The molecule has 14 heavy (non-hydrogen) atoms. The van der Waals surface area contributed by atoms with Crippen LogP contribution in [0.3, 0.4) is 0 Å². The lowest BCUT2D eigenvalue weighted by Crippen LogP contribution is -2.14. The van der Waals surface area contributed by atoms with Crippen LogP contribution in [-0.4, -0.2) is 16.7 Å². The largest absolute Gasteiger partial charge is 0.394 e. The lowest BCUT2D eigenvalue weighted by Gasteiger charge is -2.03. The number of halogens is 1. The van der Waals surface area contributed by atoms with E-state index < -0.39 is 0 Å². The highest BCUT2D eigenvalue weighted by Crippen LogP contribution is 2.22. The molecule has 1 atom stereocenters. The number of aromatic nitrogens is 1. The molecule has 0 saturated heterocycles. The van der Waals surface area contributed by atoms with Crippen LogP contribution in [0.1, 0.15) is 11.7 Å². The summed E-state index contributed by atoms with van der Waals surface area (Å²) in [5, 5.41) is 10.0. The molecule has 4 N–H and O–H groups in total.